The molecule has 2 rings (SSSR count). The number of carbonyl (C=O) groups is 2. The second-order valence-electron chi connectivity index (χ2n) is 6.03. The average molecular weight is 331 g/mol. The molecule has 0 radical (unpaired) electrons. The Morgan fingerprint density at radius 1 is 1.25 bits per heavy atom. The molecular formula is C19H25NO4. The van der Waals surface area contributed by atoms with Gasteiger partial charge in [0, 0.05) is 12.1 Å². The molecule has 1 aromatic rings. The molecule has 1 amide bonds. The largest absolute Gasteiger partial charge is 0.489 e. The summed E-state index contributed by atoms with van der Waals surface area (Å²) in [5.41, 5.74) is 1.48. The first kappa shape index (κ1) is 18.0. The molecule has 0 spiro atoms. The maximum atomic E-state index is 12.8. The molecule has 1 aliphatic heterocycles. The van der Waals surface area contributed by atoms with Gasteiger partial charge in [0.15, 0.2) is 0 Å². The van der Waals surface area contributed by atoms with E-state index in [1.54, 1.807) is 36.1 Å². The minimum Gasteiger partial charge on any atom is -0.489 e. The van der Waals surface area contributed by atoms with E-state index in [0.717, 1.165) is 18.4 Å². The van der Waals surface area contributed by atoms with Crippen LogP contribution in [0.2, 0.25) is 0 Å². The van der Waals surface area contributed by atoms with Crippen LogP contribution in [0.25, 0.3) is 0 Å². The summed E-state index contributed by atoms with van der Waals surface area (Å²) in [5, 5.41) is 0. The summed E-state index contributed by atoms with van der Waals surface area (Å²) in [4.78, 5) is 26.5. The smallest absolute Gasteiger partial charge is 0.328 e. The molecule has 0 N–H and O–H groups in total. The second kappa shape index (κ2) is 8.52. The van der Waals surface area contributed by atoms with E-state index in [-0.39, 0.29) is 11.9 Å². The van der Waals surface area contributed by atoms with Crippen molar-refractivity contribution in [1.29, 1.82) is 0 Å². The molecule has 0 aliphatic carbocycles. The summed E-state index contributed by atoms with van der Waals surface area (Å²) in [6.07, 6.45) is 2.49. The van der Waals surface area contributed by atoms with Crippen LogP contribution in [-0.4, -0.2) is 42.6 Å². The van der Waals surface area contributed by atoms with E-state index in [4.69, 9.17) is 9.47 Å². The molecule has 1 saturated heterocycles. The topological polar surface area (TPSA) is 55.8 Å². The van der Waals surface area contributed by atoms with Gasteiger partial charge in [-0.25, -0.2) is 4.79 Å². The van der Waals surface area contributed by atoms with Gasteiger partial charge in [-0.05, 0) is 62.9 Å². The van der Waals surface area contributed by atoms with Crippen molar-refractivity contribution in [2.45, 2.75) is 39.2 Å². The van der Waals surface area contributed by atoms with Crippen molar-refractivity contribution < 1.29 is 19.1 Å². The second-order valence-corrected chi connectivity index (χ2v) is 6.03. The number of amides is 1. The van der Waals surface area contributed by atoms with Gasteiger partial charge in [-0.15, -0.1) is 0 Å². The van der Waals surface area contributed by atoms with Crippen molar-refractivity contribution in [3.8, 4) is 5.75 Å². The van der Waals surface area contributed by atoms with Crippen molar-refractivity contribution in [3.05, 3.63) is 42.0 Å². The monoisotopic (exact) mass is 331 g/mol. The van der Waals surface area contributed by atoms with E-state index < -0.39 is 6.04 Å². The molecule has 0 unspecified atom stereocenters. The Morgan fingerprint density at radius 2 is 1.96 bits per heavy atom. The van der Waals surface area contributed by atoms with Crippen molar-refractivity contribution in [2.24, 2.45) is 0 Å². The first-order chi connectivity index (χ1) is 11.5. The Morgan fingerprint density at radius 3 is 2.58 bits per heavy atom. The van der Waals surface area contributed by atoms with Crippen LogP contribution >= 0.6 is 0 Å². The zero-order chi connectivity index (χ0) is 17.5. The fourth-order valence-corrected chi connectivity index (χ4v) is 2.72. The molecule has 1 aliphatic rings. The van der Waals surface area contributed by atoms with Gasteiger partial charge in [0.2, 0.25) is 0 Å². The van der Waals surface area contributed by atoms with E-state index in [2.05, 4.69) is 6.58 Å². The molecule has 0 saturated carbocycles. The molecule has 0 bridgehead atoms. The molecule has 1 aromatic carbocycles. The quantitative estimate of drug-likeness (QED) is 0.593. The van der Waals surface area contributed by atoms with Gasteiger partial charge in [-0.2, -0.15) is 0 Å². The number of piperidine rings is 1. The molecule has 130 valence electrons. The molecular weight excluding hydrogens is 306 g/mol. The Labute approximate surface area is 143 Å². The number of carbonyl (C=O) groups excluding carboxylic acids is 2. The van der Waals surface area contributed by atoms with Crippen LogP contribution < -0.4 is 4.74 Å². The number of hydrogen-bond donors (Lipinski definition) is 0. The Balaban J connectivity index is 2.08. The number of hydrogen-bond acceptors (Lipinski definition) is 4. The Bertz CT molecular complexity index is 594. The number of rotatable bonds is 6. The van der Waals surface area contributed by atoms with Crippen LogP contribution in [0.4, 0.5) is 0 Å². The first-order valence-corrected chi connectivity index (χ1v) is 8.37. The van der Waals surface area contributed by atoms with Crippen molar-refractivity contribution in [3.63, 3.8) is 0 Å². The van der Waals surface area contributed by atoms with E-state index in [0.29, 0.717) is 37.5 Å². The van der Waals surface area contributed by atoms with Crippen molar-refractivity contribution in [1.82, 2.24) is 4.90 Å². The standard InChI is InChI=1S/C19H25NO4/c1-4-23-19(22)17-7-5-6-12-20(17)18(21)15-8-10-16(11-9-15)24-13-14(2)3/h8-11,17H,2,4-7,12-13H2,1,3H3/t17-/m0/s1. The number of ether oxygens (including phenoxy) is 2. The average Bonchev–Trinajstić information content (AvgIpc) is 2.60. The highest BCUT2D eigenvalue weighted by molar-refractivity contribution is 5.97. The highest BCUT2D eigenvalue weighted by atomic mass is 16.5. The van der Waals surface area contributed by atoms with Crippen LogP contribution in [0.5, 0.6) is 5.75 Å². The highest BCUT2D eigenvalue weighted by Crippen LogP contribution is 2.22. The predicted molar refractivity (Wildman–Crippen MR) is 92.1 cm³/mol. The summed E-state index contributed by atoms with van der Waals surface area (Å²) in [7, 11) is 0. The van der Waals surface area contributed by atoms with E-state index >= 15 is 0 Å². The highest BCUT2D eigenvalue weighted by Gasteiger charge is 2.33. The molecule has 1 atom stereocenters. The lowest BCUT2D eigenvalue weighted by molar-refractivity contribution is -0.149. The lowest BCUT2D eigenvalue weighted by atomic mass is 10.0. The van der Waals surface area contributed by atoms with Crippen molar-refractivity contribution in [2.75, 3.05) is 19.8 Å². The number of likely N-dealkylation sites (tertiary alicyclic amines) is 1. The summed E-state index contributed by atoms with van der Waals surface area (Å²) in [6.45, 7) is 8.81. The van der Waals surface area contributed by atoms with Gasteiger partial charge in [0.25, 0.3) is 5.91 Å². The summed E-state index contributed by atoms with van der Waals surface area (Å²) in [6, 6.07) is 6.50. The van der Waals surface area contributed by atoms with Crippen LogP contribution in [0.1, 0.15) is 43.5 Å². The lowest BCUT2D eigenvalue weighted by Gasteiger charge is -2.34. The summed E-state index contributed by atoms with van der Waals surface area (Å²) >= 11 is 0. The maximum Gasteiger partial charge on any atom is 0.328 e. The molecule has 1 heterocycles. The van der Waals surface area contributed by atoms with Crippen LogP contribution in [0.3, 0.4) is 0 Å². The first-order valence-electron chi connectivity index (χ1n) is 8.37. The zero-order valence-electron chi connectivity index (χ0n) is 14.4. The van der Waals surface area contributed by atoms with Gasteiger partial charge >= 0.3 is 5.97 Å². The Hall–Kier alpha value is -2.30. The number of nitrogens with zero attached hydrogens (tertiary/aromatic N) is 1. The Kier molecular flexibility index (Phi) is 6.41. The fourth-order valence-electron chi connectivity index (χ4n) is 2.72. The summed E-state index contributed by atoms with van der Waals surface area (Å²) < 4.78 is 10.7. The third kappa shape index (κ3) is 4.60. The lowest BCUT2D eigenvalue weighted by Crippen LogP contribution is -2.48. The third-order valence-corrected chi connectivity index (χ3v) is 3.91. The van der Waals surface area contributed by atoms with E-state index in [9.17, 15) is 9.59 Å². The minimum absolute atomic E-state index is 0.140. The normalized spacial score (nSPS) is 17.2. The van der Waals surface area contributed by atoms with Crippen LogP contribution in [-0.2, 0) is 9.53 Å². The van der Waals surface area contributed by atoms with Gasteiger partial charge in [-0.3, -0.25) is 4.79 Å². The minimum atomic E-state index is -0.481. The van der Waals surface area contributed by atoms with Gasteiger partial charge in [0.05, 0.1) is 6.61 Å². The van der Waals surface area contributed by atoms with E-state index in [1.807, 2.05) is 6.92 Å². The maximum absolute atomic E-state index is 12.8. The number of benzene rings is 1. The van der Waals surface area contributed by atoms with Crippen molar-refractivity contribution >= 4 is 11.9 Å². The fraction of sp³-hybridized carbons (Fsp3) is 0.474. The van der Waals surface area contributed by atoms with Gasteiger partial charge < -0.3 is 14.4 Å². The van der Waals surface area contributed by atoms with Crippen LogP contribution in [0.15, 0.2) is 36.4 Å². The van der Waals surface area contributed by atoms with Gasteiger partial charge in [0.1, 0.15) is 18.4 Å². The molecule has 5 nitrogen and oxygen atoms in total. The van der Waals surface area contributed by atoms with Gasteiger partial charge in [-0.1, -0.05) is 6.58 Å². The molecule has 1 fully saturated rings. The summed E-state index contributed by atoms with van der Waals surface area (Å²) in [5.74, 6) is 0.237. The van der Waals surface area contributed by atoms with Crippen LogP contribution in [0, 0.1) is 0 Å². The third-order valence-electron chi connectivity index (χ3n) is 3.91. The molecule has 5 heteroatoms. The number of esters is 1. The molecule has 24 heavy (non-hydrogen) atoms. The molecule has 0 aromatic heterocycles. The zero-order valence-corrected chi connectivity index (χ0v) is 14.4. The van der Waals surface area contributed by atoms with E-state index in [1.165, 1.54) is 0 Å². The SMILES string of the molecule is C=C(C)COc1ccc(C(=O)N2CCCC[C@H]2C(=O)OCC)cc1. The predicted octanol–water partition coefficient (Wildman–Crippen LogP) is 3.20.